The Hall–Kier alpha value is -3.39. The lowest BCUT2D eigenvalue weighted by molar-refractivity contribution is -0.114. The van der Waals surface area contributed by atoms with Gasteiger partial charge >= 0.3 is 0 Å². The molecule has 13 heteroatoms. The lowest BCUT2D eigenvalue weighted by Gasteiger charge is -2.37. The van der Waals surface area contributed by atoms with Crippen LogP contribution in [-0.4, -0.2) is 107 Å². The molecular formula is C28H39N9O3S. The monoisotopic (exact) mass is 581 g/mol. The van der Waals surface area contributed by atoms with Gasteiger partial charge in [0.1, 0.15) is 0 Å². The summed E-state index contributed by atoms with van der Waals surface area (Å²) < 4.78 is 5.87. The number of benzene rings is 1. The van der Waals surface area contributed by atoms with Crippen LogP contribution in [-0.2, 0) is 4.79 Å². The summed E-state index contributed by atoms with van der Waals surface area (Å²) in [5.41, 5.74) is 1.68. The summed E-state index contributed by atoms with van der Waals surface area (Å²) >= 11 is 1.45. The van der Waals surface area contributed by atoms with E-state index in [-0.39, 0.29) is 12.0 Å². The Morgan fingerprint density at radius 3 is 2.37 bits per heavy atom. The third-order valence-electron chi connectivity index (χ3n) is 7.33. The topological polar surface area (TPSA) is 135 Å². The number of aliphatic hydroxyl groups excluding tert-OH is 1. The highest BCUT2D eigenvalue weighted by Gasteiger charge is 2.26. The minimum atomic E-state index is -0.139. The number of piperidine rings is 1. The zero-order chi connectivity index (χ0) is 28.8. The van der Waals surface area contributed by atoms with E-state index in [1.807, 2.05) is 37.3 Å². The summed E-state index contributed by atoms with van der Waals surface area (Å²) in [7, 11) is 1.64. The minimum Gasteiger partial charge on any atom is -0.490 e. The van der Waals surface area contributed by atoms with Crippen LogP contribution in [0.4, 0.5) is 23.1 Å². The second kappa shape index (κ2) is 13.5. The molecule has 4 heterocycles. The van der Waals surface area contributed by atoms with Crippen molar-refractivity contribution in [3.8, 4) is 5.75 Å². The standard InChI is InChI=1S/C28H39N9O3S/c1-19-18-24(34-33-19)30-26-25(40-3)27(32-28(31-26)41-23-6-4-21(5-7-23)29-20(2)38)37-16-14-36(15-17-37)13-12-35-10-8-22(39)9-11-35/h4-7,18,22,39H,8-17H2,1-3H3,(H,29,38)(H2,30,31,32,33,34). The van der Waals surface area contributed by atoms with Crippen LogP contribution in [0.2, 0.25) is 0 Å². The number of hydrogen-bond donors (Lipinski definition) is 4. The maximum atomic E-state index is 11.4. The van der Waals surface area contributed by atoms with E-state index in [1.54, 1.807) is 7.11 Å². The maximum Gasteiger partial charge on any atom is 0.221 e. The van der Waals surface area contributed by atoms with Crippen molar-refractivity contribution in [1.82, 2.24) is 30.0 Å². The van der Waals surface area contributed by atoms with Crippen molar-refractivity contribution in [3.63, 3.8) is 0 Å². The molecule has 2 aliphatic heterocycles. The molecule has 41 heavy (non-hydrogen) atoms. The number of anilines is 4. The van der Waals surface area contributed by atoms with Gasteiger partial charge < -0.3 is 30.3 Å². The first-order chi connectivity index (χ1) is 19.9. The number of aliphatic hydroxyl groups is 1. The van der Waals surface area contributed by atoms with E-state index in [9.17, 15) is 9.90 Å². The van der Waals surface area contributed by atoms with E-state index >= 15 is 0 Å². The molecule has 0 radical (unpaired) electrons. The molecule has 12 nitrogen and oxygen atoms in total. The molecular weight excluding hydrogens is 542 g/mol. The number of aryl methyl sites for hydroxylation is 1. The fraction of sp³-hybridized carbons (Fsp3) is 0.500. The van der Waals surface area contributed by atoms with E-state index in [1.165, 1.54) is 18.7 Å². The van der Waals surface area contributed by atoms with Crippen molar-refractivity contribution >= 4 is 40.8 Å². The van der Waals surface area contributed by atoms with Crippen LogP contribution >= 0.6 is 11.8 Å². The van der Waals surface area contributed by atoms with Crippen LogP contribution in [0, 0.1) is 6.92 Å². The Balaban J connectivity index is 1.32. The molecule has 0 spiro atoms. The number of carbonyl (C=O) groups is 1. The predicted molar refractivity (Wildman–Crippen MR) is 160 cm³/mol. The normalized spacial score (nSPS) is 17.0. The highest BCUT2D eigenvalue weighted by atomic mass is 32.2. The van der Waals surface area contributed by atoms with E-state index in [2.05, 4.69) is 35.5 Å². The number of ether oxygens (including phenoxy) is 1. The summed E-state index contributed by atoms with van der Waals surface area (Å²) in [5, 5.41) is 23.7. The number of nitrogens with zero attached hydrogens (tertiary/aromatic N) is 6. The summed E-state index contributed by atoms with van der Waals surface area (Å²) in [6.45, 7) is 10.9. The third kappa shape index (κ3) is 7.88. The molecule has 2 fully saturated rings. The van der Waals surface area contributed by atoms with Crippen molar-refractivity contribution in [2.24, 2.45) is 0 Å². The Morgan fingerprint density at radius 2 is 1.76 bits per heavy atom. The Labute approximate surface area is 244 Å². The van der Waals surface area contributed by atoms with Crippen LogP contribution < -0.4 is 20.3 Å². The summed E-state index contributed by atoms with van der Waals surface area (Å²) in [5.74, 6) is 2.42. The zero-order valence-electron chi connectivity index (χ0n) is 23.9. The third-order valence-corrected chi connectivity index (χ3v) is 8.20. The number of H-pyrrole nitrogens is 1. The largest absolute Gasteiger partial charge is 0.490 e. The first-order valence-corrected chi connectivity index (χ1v) is 14.9. The number of aromatic nitrogens is 4. The fourth-order valence-corrected chi connectivity index (χ4v) is 5.83. The molecule has 0 bridgehead atoms. The van der Waals surface area contributed by atoms with Crippen molar-refractivity contribution in [2.75, 3.05) is 75.0 Å². The molecule has 4 N–H and O–H groups in total. The highest BCUT2D eigenvalue weighted by Crippen LogP contribution is 2.38. The van der Waals surface area contributed by atoms with Gasteiger partial charge in [0.25, 0.3) is 0 Å². The van der Waals surface area contributed by atoms with Gasteiger partial charge in [-0.15, -0.1) is 0 Å². The van der Waals surface area contributed by atoms with Crippen molar-refractivity contribution < 1.29 is 14.6 Å². The van der Waals surface area contributed by atoms with E-state index in [4.69, 9.17) is 14.7 Å². The molecule has 2 saturated heterocycles. The molecule has 0 atom stereocenters. The number of aromatic amines is 1. The van der Waals surface area contributed by atoms with Gasteiger partial charge in [0.2, 0.25) is 11.7 Å². The second-order valence-electron chi connectivity index (χ2n) is 10.5. The number of hydrogen-bond acceptors (Lipinski definition) is 11. The van der Waals surface area contributed by atoms with Crippen LogP contribution in [0.5, 0.6) is 5.75 Å². The second-order valence-corrected chi connectivity index (χ2v) is 11.5. The molecule has 3 aromatic rings. The van der Waals surface area contributed by atoms with E-state index in [0.29, 0.717) is 22.5 Å². The Morgan fingerprint density at radius 1 is 1.07 bits per heavy atom. The zero-order valence-corrected chi connectivity index (χ0v) is 24.7. The lowest BCUT2D eigenvalue weighted by Crippen LogP contribution is -2.49. The number of rotatable bonds is 10. The van der Waals surface area contributed by atoms with E-state index in [0.717, 1.165) is 87.3 Å². The average Bonchev–Trinajstić information content (AvgIpc) is 3.38. The number of nitrogens with one attached hydrogen (secondary N) is 3. The molecule has 2 aromatic heterocycles. The van der Waals surface area contributed by atoms with Crippen molar-refractivity contribution in [2.45, 2.75) is 42.8 Å². The van der Waals surface area contributed by atoms with Crippen molar-refractivity contribution in [1.29, 1.82) is 0 Å². The SMILES string of the molecule is COc1c(Nc2cc(C)[nH]n2)nc(Sc2ccc(NC(C)=O)cc2)nc1N1CCN(CCN2CCC(O)CC2)CC1. The van der Waals surface area contributed by atoms with Crippen LogP contribution in [0.3, 0.4) is 0 Å². The number of amides is 1. The van der Waals surface area contributed by atoms with E-state index < -0.39 is 0 Å². The van der Waals surface area contributed by atoms with Gasteiger partial charge in [-0.2, -0.15) is 5.10 Å². The van der Waals surface area contributed by atoms with Gasteiger partial charge in [-0.05, 0) is 55.8 Å². The fourth-order valence-electron chi connectivity index (χ4n) is 5.08. The smallest absolute Gasteiger partial charge is 0.221 e. The van der Waals surface area contributed by atoms with Crippen LogP contribution in [0.15, 0.2) is 40.4 Å². The quantitative estimate of drug-likeness (QED) is 0.263. The number of likely N-dealkylation sites (tertiary alicyclic amines) is 1. The first-order valence-electron chi connectivity index (χ1n) is 14.0. The molecule has 0 saturated carbocycles. The average molecular weight is 582 g/mol. The summed E-state index contributed by atoms with van der Waals surface area (Å²) in [4.78, 5) is 29.3. The number of methoxy groups -OCH3 is 1. The van der Waals surface area contributed by atoms with Gasteiger partial charge in [0.05, 0.1) is 13.2 Å². The van der Waals surface area contributed by atoms with Gasteiger partial charge in [-0.1, -0.05) is 0 Å². The molecule has 2 aliphatic rings. The minimum absolute atomic E-state index is 0.107. The van der Waals surface area contributed by atoms with Crippen LogP contribution in [0.1, 0.15) is 25.5 Å². The molecule has 0 unspecified atom stereocenters. The number of piperazine rings is 1. The first kappa shape index (κ1) is 29.1. The summed E-state index contributed by atoms with van der Waals surface area (Å²) in [6.07, 6.45) is 1.60. The molecule has 1 amide bonds. The van der Waals surface area contributed by atoms with Crippen LogP contribution in [0.25, 0.3) is 0 Å². The molecule has 5 rings (SSSR count). The van der Waals surface area contributed by atoms with Gasteiger partial charge in [-0.3, -0.25) is 14.8 Å². The summed E-state index contributed by atoms with van der Waals surface area (Å²) in [6, 6.07) is 9.52. The Kier molecular flexibility index (Phi) is 9.60. The number of carbonyl (C=O) groups excluding carboxylic acids is 1. The molecule has 0 aliphatic carbocycles. The van der Waals surface area contributed by atoms with Gasteiger partial charge in [0.15, 0.2) is 22.6 Å². The molecule has 220 valence electrons. The molecule has 1 aromatic carbocycles. The predicted octanol–water partition coefficient (Wildman–Crippen LogP) is 2.95. The Bertz CT molecular complexity index is 1300. The lowest BCUT2D eigenvalue weighted by atomic mass is 10.1. The van der Waals surface area contributed by atoms with Gasteiger partial charge in [0, 0.05) is 81.6 Å². The van der Waals surface area contributed by atoms with Crippen molar-refractivity contribution in [3.05, 3.63) is 36.0 Å². The van der Waals surface area contributed by atoms with Gasteiger partial charge in [-0.25, -0.2) is 9.97 Å². The maximum absolute atomic E-state index is 11.4. The highest BCUT2D eigenvalue weighted by molar-refractivity contribution is 7.99.